The lowest BCUT2D eigenvalue weighted by Crippen LogP contribution is -2.28. The van der Waals surface area contributed by atoms with Crippen LogP contribution in [-0.2, 0) is 17.7 Å². The Hall–Kier alpha value is -2.14. The zero-order chi connectivity index (χ0) is 13.2. The normalized spacial score (nSPS) is 18.0. The Kier molecular flexibility index (Phi) is 3.05. The van der Waals surface area contributed by atoms with Gasteiger partial charge in [-0.1, -0.05) is 24.3 Å². The fourth-order valence-corrected chi connectivity index (χ4v) is 2.37. The fraction of sp³-hybridized carbons (Fsp3) is 0.286. The molecule has 1 aliphatic rings. The van der Waals surface area contributed by atoms with Gasteiger partial charge in [0, 0.05) is 6.07 Å². The Labute approximate surface area is 110 Å². The van der Waals surface area contributed by atoms with Crippen LogP contribution in [0.15, 0.2) is 41.3 Å². The summed E-state index contributed by atoms with van der Waals surface area (Å²) in [6.07, 6.45) is 2.27. The van der Waals surface area contributed by atoms with Crippen LogP contribution < -0.4 is 11.3 Å². The zero-order valence-corrected chi connectivity index (χ0v) is 10.5. The maximum absolute atomic E-state index is 11.8. The van der Waals surface area contributed by atoms with E-state index in [1.165, 1.54) is 22.5 Å². The molecule has 1 atom stereocenters. The van der Waals surface area contributed by atoms with Gasteiger partial charge in [-0.2, -0.15) is 5.10 Å². The van der Waals surface area contributed by atoms with Crippen LogP contribution in [0.2, 0.25) is 0 Å². The number of hydrogen-bond donors (Lipinski definition) is 1. The minimum atomic E-state index is -0.202. The van der Waals surface area contributed by atoms with Gasteiger partial charge in [-0.15, -0.1) is 0 Å². The summed E-state index contributed by atoms with van der Waals surface area (Å²) in [5.41, 5.74) is 8.13. The highest BCUT2D eigenvalue weighted by atomic mass is 16.5. The van der Waals surface area contributed by atoms with Gasteiger partial charge >= 0.3 is 0 Å². The third-order valence-corrected chi connectivity index (χ3v) is 3.32. The van der Waals surface area contributed by atoms with E-state index in [2.05, 4.69) is 11.2 Å². The van der Waals surface area contributed by atoms with Gasteiger partial charge in [0.2, 0.25) is 0 Å². The van der Waals surface area contributed by atoms with Crippen LogP contribution in [0.1, 0.15) is 17.2 Å². The molecule has 0 saturated heterocycles. The lowest BCUT2D eigenvalue weighted by molar-refractivity contribution is 0.0273. The van der Waals surface area contributed by atoms with Crippen LogP contribution in [0.25, 0.3) is 0 Å². The average Bonchev–Trinajstić information content (AvgIpc) is 2.42. The van der Waals surface area contributed by atoms with Crippen LogP contribution >= 0.6 is 0 Å². The number of fused-ring (bicyclic) bond motifs is 1. The molecule has 2 heterocycles. The van der Waals surface area contributed by atoms with Crippen molar-refractivity contribution in [2.75, 3.05) is 12.3 Å². The van der Waals surface area contributed by atoms with Gasteiger partial charge < -0.3 is 10.5 Å². The first-order valence-electron chi connectivity index (χ1n) is 6.26. The summed E-state index contributed by atoms with van der Waals surface area (Å²) >= 11 is 0. The molecule has 0 fully saturated rings. The molecule has 1 aromatic carbocycles. The van der Waals surface area contributed by atoms with Crippen LogP contribution in [0.3, 0.4) is 0 Å². The molecule has 5 nitrogen and oxygen atoms in total. The van der Waals surface area contributed by atoms with Crippen molar-refractivity contribution in [3.05, 3.63) is 58.0 Å². The number of nitrogen functional groups attached to an aromatic ring is 1. The van der Waals surface area contributed by atoms with Crippen molar-refractivity contribution in [1.29, 1.82) is 0 Å². The number of rotatable bonds is 2. The van der Waals surface area contributed by atoms with E-state index >= 15 is 0 Å². The molecule has 98 valence electrons. The second-order valence-electron chi connectivity index (χ2n) is 4.62. The van der Waals surface area contributed by atoms with E-state index in [0.717, 1.165) is 12.0 Å². The minimum Gasteiger partial charge on any atom is -0.397 e. The number of anilines is 1. The molecular weight excluding hydrogens is 242 g/mol. The van der Waals surface area contributed by atoms with Crippen molar-refractivity contribution in [1.82, 2.24) is 9.78 Å². The summed E-state index contributed by atoms with van der Waals surface area (Å²) in [5, 5.41) is 4.04. The fourth-order valence-electron chi connectivity index (χ4n) is 2.37. The largest absolute Gasteiger partial charge is 0.397 e. The maximum atomic E-state index is 11.8. The number of hydrogen-bond acceptors (Lipinski definition) is 4. The first-order valence-corrected chi connectivity index (χ1v) is 6.26. The highest BCUT2D eigenvalue weighted by Crippen LogP contribution is 2.27. The summed E-state index contributed by atoms with van der Waals surface area (Å²) in [4.78, 5) is 11.8. The number of ether oxygens (including phenoxy) is 1. The van der Waals surface area contributed by atoms with E-state index in [0.29, 0.717) is 18.8 Å². The molecule has 3 rings (SSSR count). The van der Waals surface area contributed by atoms with Gasteiger partial charge in [-0.05, 0) is 17.5 Å². The molecule has 0 radical (unpaired) electrons. The van der Waals surface area contributed by atoms with E-state index in [4.69, 9.17) is 10.5 Å². The predicted octanol–water partition coefficient (Wildman–Crippen LogP) is 1.14. The summed E-state index contributed by atoms with van der Waals surface area (Å²) in [7, 11) is 0. The third kappa shape index (κ3) is 2.37. The smallest absolute Gasteiger partial charge is 0.268 e. The van der Waals surface area contributed by atoms with Gasteiger partial charge in [0.15, 0.2) is 0 Å². The lowest BCUT2D eigenvalue weighted by atomic mass is 9.98. The SMILES string of the molecule is Nc1cnn(CC2OCCc3ccccc32)c(=O)c1. The monoisotopic (exact) mass is 257 g/mol. The van der Waals surface area contributed by atoms with E-state index in [1.54, 1.807) is 0 Å². The maximum Gasteiger partial charge on any atom is 0.268 e. The summed E-state index contributed by atoms with van der Waals surface area (Å²) in [6.45, 7) is 1.08. The number of benzene rings is 1. The van der Waals surface area contributed by atoms with Gasteiger partial charge in [-0.25, -0.2) is 4.68 Å². The molecule has 1 aliphatic heterocycles. The van der Waals surface area contributed by atoms with Gasteiger partial charge in [0.25, 0.3) is 5.56 Å². The van der Waals surface area contributed by atoms with E-state index in [1.807, 2.05) is 18.2 Å². The van der Waals surface area contributed by atoms with Crippen molar-refractivity contribution < 1.29 is 4.74 Å². The summed E-state index contributed by atoms with van der Waals surface area (Å²) in [5.74, 6) is 0. The average molecular weight is 257 g/mol. The van der Waals surface area contributed by atoms with Crippen molar-refractivity contribution in [3.63, 3.8) is 0 Å². The number of nitrogens with zero attached hydrogens (tertiary/aromatic N) is 2. The Morgan fingerprint density at radius 2 is 2.26 bits per heavy atom. The third-order valence-electron chi connectivity index (χ3n) is 3.32. The van der Waals surface area contributed by atoms with Gasteiger partial charge in [0.05, 0.1) is 25.0 Å². The van der Waals surface area contributed by atoms with E-state index in [-0.39, 0.29) is 11.7 Å². The molecule has 0 spiro atoms. The summed E-state index contributed by atoms with van der Waals surface area (Å²) < 4.78 is 7.15. The lowest BCUT2D eigenvalue weighted by Gasteiger charge is -2.26. The van der Waals surface area contributed by atoms with Gasteiger partial charge in [0.1, 0.15) is 6.10 Å². The van der Waals surface area contributed by atoms with Crippen LogP contribution in [-0.4, -0.2) is 16.4 Å². The molecule has 0 bridgehead atoms. The highest BCUT2D eigenvalue weighted by molar-refractivity contribution is 5.32. The molecule has 2 aromatic rings. The Morgan fingerprint density at radius 3 is 3.11 bits per heavy atom. The Bertz CT molecular complexity index is 651. The summed E-state index contributed by atoms with van der Waals surface area (Å²) in [6, 6.07) is 9.53. The van der Waals surface area contributed by atoms with Crippen molar-refractivity contribution >= 4 is 5.69 Å². The zero-order valence-electron chi connectivity index (χ0n) is 10.5. The molecular formula is C14H15N3O2. The van der Waals surface area contributed by atoms with Crippen LogP contribution in [0.5, 0.6) is 0 Å². The quantitative estimate of drug-likeness (QED) is 0.875. The van der Waals surface area contributed by atoms with Crippen molar-refractivity contribution in [2.45, 2.75) is 19.1 Å². The minimum absolute atomic E-state index is 0.126. The van der Waals surface area contributed by atoms with Crippen molar-refractivity contribution in [2.24, 2.45) is 0 Å². The molecule has 2 N–H and O–H groups in total. The molecule has 0 amide bonds. The molecule has 5 heteroatoms. The van der Waals surface area contributed by atoms with Crippen LogP contribution in [0, 0.1) is 0 Å². The van der Waals surface area contributed by atoms with Crippen molar-refractivity contribution in [3.8, 4) is 0 Å². The second kappa shape index (κ2) is 4.85. The van der Waals surface area contributed by atoms with Gasteiger partial charge in [-0.3, -0.25) is 4.79 Å². The molecule has 0 saturated carbocycles. The number of aromatic nitrogens is 2. The van der Waals surface area contributed by atoms with Crippen LogP contribution in [0.4, 0.5) is 5.69 Å². The Morgan fingerprint density at radius 1 is 1.42 bits per heavy atom. The molecule has 0 aliphatic carbocycles. The first kappa shape index (κ1) is 11.9. The predicted molar refractivity (Wildman–Crippen MR) is 71.7 cm³/mol. The number of nitrogens with two attached hydrogens (primary N) is 1. The Balaban J connectivity index is 1.90. The topological polar surface area (TPSA) is 70.1 Å². The standard InChI is InChI=1S/C14H15N3O2/c15-11-7-14(18)17(16-8-11)9-13-12-4-2-1-3-10(12)5-6-19-13/h1-4,7-8,13H,5-6,9,15H2. The molecule has 1 unspecified atom stereocenters. The first-order chi connectivity index (χ1) is 9.24. The molecule has 19 heavy (non-hydrogen) atoms. The second-order valence-corrected chi connectivity index (χ2v) is 4.62. The van der Waals surface area contributed by atoms with E-state index < -0.39 is 0 Å². The highest BCUT2D eigenvalue weighted by Gasteiger charge is 2.21. The van der Waals surface area contributed by atoms with E-state index in [9.17, 15) is 4.79 Å². The molecule has 1 aromatic heterocycles.